The Morgan fingerprint density at radius 3 is 1.71 bits per heavy atom. The fourth-order valence-corrected chi connectivity index (χ4v) is 3.64. The largest absolute Gasteiger partial charge is 0.496 e. The van der Waals surface area contributed by atoms with Gasteiger partial charge in [0.05, 0.1) is 12.7 Å². The highest BCUT2D eigenvalue weighted by Gasteiger charge is 2.24. The van der Waals surface area contributed by atoms with E-state index < -0.39 is 11.6 Å². The van der Waals surface area contributed by atoms with Crippen LogP contribution in [0.4, 0.5) is 4.39 Å². The number of nitrogens with one attached hydrogen (secondary N) is 1. The predicted molar refractivity (Wildman–Crippen MR) is 226 cm³/mol. The van der Waals surface area contributed by atoms with Gasteiger partial charge in [0.1, 0.15) is 24.3 Å². The van der Waals surface area contributed by atoms with Crippen LogP contribution in [0.2, 0.25) is 0 Å². The number of nitrogens with two attached hydrogens (primary N) is 2. The zero-order chi connectivity index (χ0) is 43.2. The number of ether oxygens (including phenoxy) is 3. The summed E-state index contributed by atoms with van der Waals surface area (Å²) in [5, 5.41) is 11.2. The van der Waals surface area contributed by atoms with Crippen molar-refractivity contribution >= 4 is 23.6 Å². The van der Waals surface area contributed by atoms with Gasteiger partial charge < -0.3 is 30.4 Å². The Balaban J connectivity index is -0.000000308. The Morgan fingerprint density at radius 1 is 0.891 bits per heavy atom. The van der Waals surface area contributed by atoms with E-state index in [4.69, 9.17) is 25.1 Å². The molecule has 11 heteroatoms. The summed E-state index contributed by atoms with van der Waals surface area (Å²) in [6.07, 6.45) is 4.91. The van der Waals surface area contributed by atoms with Gasteiger partial charge in [0, 0.05) is 20.3 Å². The van der Waals surface area contributed by atoms with Crippen LogP contribution in [-0.4, -0.2) is 55.6 Å². The second-order valence-corrected chi connectivity index (χ2v) is 12.0. The Hall–Kier alpha value is -4.74. The lowest BCUT2D eigenvalue weighted by atomic mass is 10.1. The highest BCUT2D eigenvalue weighted by atomic mass is 19.1. The number of methoxy groups -OCH3 is 1. The molecule has 0 spiro atoms. The van der Waals surface area contributed by atoms with Gasteiger partial charge in [-0.25, -0.2) is 9.18 Å². The lowest BCUT2D eigenvalue weighted by Crippen LogP contribution is -2.24. The van der Waals surface area contributed by atoms with Crippen molar-refractivity contribution in [2.75, 3.05) is 26.9 Å². The summed E-state index contributed by atoms with van der Waals surface area (Å²) in [7, 11) is 1.65. The van der Waals surface area contributed by atoms with E-state index in [2.05, 4.69) is 50.9 Å². The number of hydrogen-bond donors (Lipinski definition) is 4. The molecule has 0 aliphatic heterocycles. The first-order valence-electron chi connectivity index (χ1n) is 18.7. The van der Waals surface area contributed by atoms with Crippen molar-refractivity contribution in [1.82, 2.24) is 5.32 Å². The lowest BCUT2D eigenvalue weighted by molar-refractivity contribution is -0.148. The van der Waals surface area contributed by atoms with Crippen molar-refractivity contribution in [3.63, 3.8) is 0 Å². The Labute approximate surface area is 331 Å². The molecule has 312 valence electrons. The van der Waals surface area contributed by atoms with Gasteiger partial charge in [-0.3, -0.25) is 15.3 Å². The molecule has 1 amide bonds. The number of benzene rings is 3. The number of allylic oxidation sites excluding steroid dienone is 1. The van der Waals surface area contributed by atoms with Crippen molar-refractivity contribution in [2.24, 2.45) is 11.5 Å². The zero-order valence-corrected chi connectivity index (χ0v) is 35.8. The third kappa shape index (κ3) is 36.0. The molecule has 1 unspecified atom stereocenters. The van der Waals surface area contributed by atoms with E-state index in [0.29, 0.717) is 0 Å². The quantitative estimate of drug-likeness (QED) is 0.0607. The van der Waals surface area contributed by atoms with Crippen molar-refractivity contribution in [1.29, 1.82) is 0 Å². The van der Waals surface area contributed by atoms with Crippen LogP contribution in [0.1, 0.15) is 117 Å². The summed E-state index contributed by atoms with van der Waals surface area (Å²) in [5.41, 5.74) is 12.2. The van der Waals surface area contributed by atoms with Gasteiger partial charge in [0.15, 0.2) is 0 Å². The van der Waals surface area contributed by atoms with Gasteiger partial charge in [-0.15, -0.1) is 0 Å². The fraction of sp³-hybridized carbons (Fsp3) is 0.477. The zero-order valence-electron chi connectivity index (χ0n) is 35.8. The number of carboxylic acid groups (broad SMARTS) is 1. The standard InChI is InChI=1S/C14H21NO2.C12H17NO2.C7H8.C4H7FO2.C3H8.C2H5NO.C2H6/c1-3-10-15-11-9-14(17-12(2)16)13-7-5-4-6-8-13;1-4-11(15-8-13)10-6-5-9(2)7-12(10)14-3;1-7-5-3-2-4-6-7;1-4(2,5)3(6)7;1-3-2;1-2(3)4;1-2/h4-8,14-15H,3,9-11H2,1-2H3;4-7H,8,13H2,1-3H3;2-6H,1H3;1-2H3,(H,6,7);3H2,1-2H3;1H3,(H2,3,4);1-2H3/b;11-4-;;;;;. The van der Waals surface area contributed by atoms with Gasteiger partial charge in [-0.2, -0.15) is 0 Å². The molecule has 0 bridgehead atoms. The number of carbonyl (C=O) groups is 3. The van der Waals surface area contributed by atoms with Crippen molar-refractivity contribution in [3.05, 3.63) is 107 Å². The maximum absolute atomic E-state index is 11.9. The number of hydrogen-bond acceptors (Lipinski definition) is 8. The number of rotatable bonds is 12. The Morgan fingerprint density at radius 2 is 1.36 bits per heavy atom. The molecule has 3 aromatic rings. The molecule has 0 aromatic heterocycles. The lowest BCUT2D eigenvalue weighted by Gasteiger charge is -2.17. The summed E-state index contributed by atoms with van der Waals surface area (Å²) >= 11 is 0. The summed E-state index contributed by atoms with van der Waals surface area (Å²) in [6.45, 7) is 23.2. The number of aliphatic carboxylic acids is 1. The van der Waals surface area contributed by atoms with E-state index >= 15 is 0 Å². The predicted octanol–water partition coefficient (Wildman–Crippen LogP) is 9.73. The molecule has 0 heterocycles. The average molecular weight is 774 g/mol. The number of aryl methyl sites for hydroxylation is 2. The number of amides is 1. The molecular formula is C44H72FN3O7. The number of halogens is 1. The Kier molecular flexibility index (Phi) is 38.9. The molecule has 3 rings (SSSR count). The van der Waals surface area contributed by atoms with Gasteiger partial charge in [0.25, 0.3) is 0 Å². The fourth-order valence-electron chi connectivity index (χ4n) is 3.64. The molecule has 10 nitrogen and oxygen atoms in total. The second kappa shape index (κ2) is 37.6. The van der Waals surface area contributed by atoms with E-state index in [-0.39, 0.29) is 24.7 Å². The first kappa shape index (κ1) is 57.0. The minimum absolute atomic E-state index is 0.141. The maximum atomic E-state index is 11.9. The van der Waals surface area contributed by atoms with E-state index in [1.807, 2.05) is 101 Å². The van der Waals surface area contributed by atoms with Crippen molar-refractivity contribution < 1.29 is 38.1 Å². The normalized spacial score (nSPS) is 10.3. The molecule has 1 atom stereocenters. The number of esters is 1. The molecule has 3 aromatic carbocycles. The number of carbonyl (C=O) groups excluding carboxylic acids is 2. The summed E-state index contributed by atoms with van der Waals surface area (Å²) in [4.78, 5) is 29.9. The molecule has 0 aliphatic carbocycles. The molecule has 55 heavy (non-hydrogen) atoms. The minimum Gasteiger partial charge on any atom is -0.496 e. The molecule has 6 N–H and O–H groups in total. The highest BCUT2D eigenvalue weighted by Crippen LogP contribution is 2.27. The molecule has 0 radical (unpaired) electrons. The number of primary amides is 1. The molecule has 0 saturated heterocycles. The second-order valence-electron chi connectivity index (χ2n) is 12.0. The van der Waals surface area contributed by atoms with Gasteiger partial charge in [-0.1, -0.05) is 113 Å². The van der Waals surface area contributed by atoms with Gasteiger partial charge >= 0.3 is 11.9 Å². The molecule has 0 aliphatic rings. The van der Waals surface area contributed by atoms with Gasteiger partial charge in [0.2, 0.25) is 11.6 Å². The van der Waals surface area contributed by atoms with Crippen LogP contribution in [0.25, 0.3) is 5.76 Å². The van der Waals surface area contributed by atoms with Crippen LogP contribution in [0.5, 0.6) is 5.75 Å². The average Bonchev–Trinajstić information content (AvgIpc) is 3.14. The maximum Gasteiger partial charge on any atom is 0.340 e. The smallest absolute Gasteiger partial charge is 0.340 e. The third-order valence-electron chi connectivity index (χ3n) is 6.06. The van der Waals surface area contributed by atoms with E-state index in [1.54, 1.807) is 7.11 Å². The topological polar surface area (TPSA) is 163 Å². The molecule has 0 saturated carbocycles. The van der Waals surface area contributed by atoms with Crippen LogP contribution in [0.3, 0.4) is 0 Å². The van der Waals surface area contributed by atoms with Gasteiger partial charge in [-0.05, 0) is 83.5 Å². The Bertz CT molecular complexity index is 1390. The molecule has 0 fully saturated rings. The van der Waals surface area contributed by atoms with E-state index in [0.717, 1.165) is 68.0 Å². The first-order valence-corrected chi connectivity index (χ1v) is 18.7. The number of carboxylic acids is 1. The summed E-state index contributed by atoms with van der Waals surface area (Å²) in [5.74, 6) is -0.437. The van der Waals surface area contributed by atoms with Crippen LogP contribution in [-0.2, 0) is 23.9 Å². The monoisotopic (exact) mass is 774 g/mol. The van der Waals surface area contributed by atoms with E-state index in [1.165, 1.54) is 25.8 Å². The van der Waals surface area contributed by atoms with Crippen LogP contribution in [0, 0.1) is 13.8 Å². The van der Waals surface area contributed by atoms with Crippen molar-refractivity contribution in [2.45, 2.75) is 114 Å². The number of alkyl halides is 1. The molecular weight excluding hydrogens is 701 g/mol. The van der Waals surface area contributed by atoms with Crippen molar-refractivity contribution in [3.8, 4) is 5.75 Å². The first-order chi connectivity index (χ1) is 25.9. The van der Waals surface area contributed by atoms with Crippen LogP contribution >= 0.6 is 0 Å². The van der Waals surface area contributed by atoms with Crippen LogP contribution < -0.4 is 21.5 Å². The summed E-state index contributed by atoms with van der Waals surface area (Å²) in [6, 6.07) is 26.1. The third-order valence-corrected chi connectivity index (χ3v) is 6.06. The SMILES string of the molecule is C/C=C(\OCN)c1ccc(C)cc1OC.CC.CC(C)(F)C(=O)O.CC(N)=O.CCC.CCCNCCC(OC(C)=O)c1ccccc1.Cc1ccccc1. The van der Waals surface area contributed by atoms with E-state index in [9.17, 15) is 18.8 Å². The van der Waals surface area contributed by atoms with Crippen LogP contribution in [0.15, 0.2) is 84.9 Å². The highest BCUT2D eigenvalue weighted by molar-refractivity contribution is 5.76. The summed E-state index contributed by atoms with van der Waals surface area (Å²) < 4.78 is 27.9. The minimum atomic E-state index is -2.08.